The van der Waals surface area contributed by atoms with Crippen LogP contribution < -0.4 is 5.32 Å². The molecule has 2 bridgehead atoms. The van der Waals surface area contributed by atoms with Crippen molar-refractivity contribution in [3.05, 3.63) is 36.0 Å². The van der Waals surface area contributed by atoms with Gasteiger partial charge >= 0.3 is 0 Å². The van der Waals surface area contributed by atoms with E-state index in [9.17, 15) is 0 Å². The van der Waals surface area contributed by atoms with Gasteiger partial charge in [-0.1, -0.05) is 18.2 Å². The normalized spacial score (nSPS) is 27.1. The van der Waals surface area contributed by atoms with E-state index in [0.29, 0.717) is 0 Å². The summed E-state index contributed by atoms with van der Waals surface area (Å²) >= 11 is 0. The SMILES string of the molecule is Cn1cc(CN2CCC3CCC(C2)N3)c2ccccc21. The van der Waals surface area contributed by atoms with Crippen LogP contribution in [-0.2, 0) is 13.6 Å². The van der Waals surface area contributed by atoms with Crippen molar-refractivity contribution in [1.29, 1.82) is 0 Å². The van der Waals surface area contributed by atoms with E-state index in [2.05, 4.69) is 52.3 Å². The summed E-state index contributed by atoms with van der Waals surface area (Å²) < 4.78 is 2.26. The summed E-state index contributed by atoms with van der Waals surface area (Å²) in [5.41, 5.74) is 2.82. The molecule has 20 heavy (non-hydrogen) atoms. The number of hydrogen-bond donors (Lipinski definition) is 1. The predicted molar refractivity (Wildman–Crippen MR) is 82.8 cm³/mol. The van der Waals surface area contributed by atoms with Crippen molar-refractivity contribution < 1.29 is 0 Å². The Kier molecular flexibility index (Phi) is 3.04. The second kappa shape index (κ2) is 4.90. The number of para-hydroxylation sites is 1. The van der Waals surface area contributed by atoms with Gasteiger partial charge in [-0.05, 0) is 30.9 Å². The minimum Gasteiger partial charge on any atom is -0.350 e. The summed E-state index contributed by atoms with van der Waals surface area (Å²) in [4.78, 5) is 2.64. The lowest BCUT2D eigenvalue weighted by atomic mass is 10.1. The highest BCUT2D eigenvalue weighted by atomic mass is 15.2. The molecule has 4 rings (SSSR count). The Labute approximate surface area is 120 Å². The zero-order chi connectivity index (χ0) is 13.5. The number of nitrogens with zero attached hydrogens (tertiary/aromatic N) is 2. The molecule has 0 saturated carbocycles. The van der Waals surface area contributed by atoms with E-state index >= 15 is 0 Å². The smallest absolute Gasteiger partial charge is 0.0481 e. The first-order valence-corrected chi connectivity index (χ1v) is 7.81. The molecule has 2 aromatic rings. The van der Waals surface area contributed by atoms with E-state index in [-0.39, 0.29) is 0 Å². The van der Waals surface area contributed by atoms with Gasteiger partial charge in [0.25, 0.3) is 0 Å². The Morgan fingerprint density at radius 3 is 2.95 bits per heavy atom. The van der Waals surface area contributed by atoms with Gasteiger partial charge < -0.3 is 9.88 Å². The summed E-state index contributed by atoms with van der Waals surface area (Å²) in [6, 6.07) is 10.2. The Morgan fingerprint density at radius 1 is 1.15 bits per heavy atom. The molecule has 2 saturated heterocycles. The van der Waals surface area contributed by atoms with Gasteiger partial charge in [-0.2, -0.15) is 0 Å². The van der Waals surface area contributed by atoms with Gasteiger partial charge in [0.2, 0.25) is 0 Å². The van der Waals surface area contributed by atoms with Crippen molar-refractivity contribution in [1.82, 2.24) is 14.8 Å². The molecule has 0 radical (unpaired) electrons. The fourth-order valence-corrected chi connectivity index (χ4v) is 3.95. The lowest BCUT2D eigenvalue weighted by Crippen LogP contribution is -2.34. The standard InChI is InChI=1S/C17H23N3/c1-19-10-13(16-4-2-3-5-17(16)19)11-20-9-8-14-6-7-15(12-20)18-14/h2-5,10,14-15,18H,6-9,11-12H2,1H3. The van der Waals surface area contributed by atoms with E-state index in [4.69, 9.17) is 0 Å². The van der Waals surface area contributed by atoms with Gasteiger partial charge in [0.05, 0.1) is 0 Å². The molecule has 0 spiro atoms. The van der Waals surface area contributed by atoms with Crippen molar-refractivity contribution in [2.24, 2.45) is 7.05 Å². The van der Waals surface area contributed by atoms with Crippen LogP contribution in [0.2, 0.25) is 0 Å². The molecule has 2 atom stereocenters. The molecule has 0 amide bonds. The average molecular weight is 269 g/mol. The molecule has 0 aliphatic carbocycles. The number of likely N-dealkylation sites (tertiary alicyclic amines) is 1. The molecule has 1 aromatic carbocycles. The van der Waals surface area contributed by atoms with Crippen LogP contribution in [0.1, 0.15) is 24.8 Å². The number of nitrogens with one attached hydrogen (secondary N) is 1. The van der Waals surface area contributed by atoms with Gasteiger partial charge in [0.15, 0.2) is 0 Å². The first-order chi connectivity index (χ1) is 9.79. The Hall–Kier alpha value is -1.32. The molecule has 3 heterocycles. The van der Waals surface area contributed by atoms with Crippen LogP contribution in [0.3, 0.4) is 0 Å². The van der Waals surface area contributed by atoms with Gasteiger partial charge in [-0.25, -0.2) is 0 Å². The summed E-state index contributed by atoms with van der Waals surface area (Å²) in [6.07, 6.45) is 6.35. The molecule has 2 fully saturated rings. The molecular formula is C17H23N3. The number of aryl methyl sites for hydroxylation is 1. The summed E-state index contributed by atoms with van der Waals surface area (Å²) in [5.74, 6) is 0. The maximum atomic E-state index is 3.76. The first-order valence-electron chi connectivity index (χ1n) is 7.81. The summed E-state index contributed by atoms with van der Waals surface area (Å²) in [5, 5.41) is 5.18. The van der Waals surface area contributed by atoms with Crippen LogP contribution in [0.5, 0.6) is 0 Å². The van der Waals surface area contributed by atoms with E-state index in [1.807, 2.05) is 0 Å². The van der Waals surface area contributed by atoms with E-state index in [1.54, 1.807) is 0 Å². The highest BCUT2D eigenvalue weighted by molar-refractivity contribution is 5.83. The quantitative estimate of drug-likeness (QED) is 0.904. The Bertz CT molecular complexity index is 616. The minimum absolute atomic E-state index is 0.720. The fraction of sp³-hybridized carbons (Fsp3) is 0.529. The number of benzene rings is 1. The second-order valence-corrected chi connectivity index (χ2v) is 6.44. The molecule has 2 aliphatic heterocycles. The number of rotatable bonds is 2. The summed E-state index contributed by atoms with van der Waals surface area (Å²) in [6.45, 7) is 3.53. The number of aromatic nitrogens is 1. The van der Waals surface area contributed by atoms with Crippen molar-refractivity contribution >= 4 is 10.9 Å². The maximum absolute atomic E-state index is 3.76. The van der Waals surface area contributed by atoms with E-state index in [1.165, 1.54) is 48.8 Å². The fourth-order valence-electron chi connectivity index (χ4n) is 3.95. The van der Waals surface area contributed by atoms with E-state index < -0.39 is 0 Å². The lowest BCUT2D eigenvalue weighted by molar-refractivity contribution is 0.251. The van der Waals surface area contributed by atoms with Gasteiger partial charge in [0.1, 0.15) is 0 Å². The van der Waals surface area contributed by atoms with Crippen LogP contribution in [-0.4, -0.2) is 34.6 Å². The molecule has 3 nitrogen and oxygen atoms in total. The number of fused-ring (bicyclic) bond motifs is 3. The highest BCUT2D eigenvalue weighted by Crippen LogP contribution is 2.25. The Balaban J connectivity index is 1.58. The highest BCUT2D eigenvalue weighted by Gasteiger charge is 2.29. The molecule has 1 N–H and O–H groups in total. The van der Waals surface area contributed by atoms with Crippen LogP contribution in [0, 0.1) is 0 Å². The third-order valence-corrected chi connectivity index (χ3v) is 4.98. The third kappa shape index (κ3) is 2.15. The van der Waals surface area contributed by atoms with Gasteiger partial charge in [-0.3, -0.25) is 4.90 Å². The molecule has 3 heteroatoms. The monoisotopic (exact) mass is 269 g/mol. The van der Waals surface area contributed by atoms with E-state index in [0.717, 1.165) is 18.6 Å². The lowest BCUT2D eigenvalue weighted by Gasteiger charge is -2.23. The van der Waals surface area contributed by atoms with Crippen LogP contribution in [0.15, 0.2) is 30.5 Å². The average Bonchev–Trinajstić information content (AvgIpc) is 2.95. The third-order valence-electron chi connectivity index (χ3n) is 4.98. The molecular weight excluding hydrogens is 246 g/mol. The Morgan fingerprint density at radius 2 is 2.00 bits per heavy atom. The van der Waals surface area contributed by atoms with Gasteiger partial charge in [0, 0.05) is 55.9 Å². The first kappa shape index (κ1) is 12.4. The number of hydrogen-bond acceptors (Lipinski definition) is 2. The van der Waals surface area contributed by atoms with Crippen LogP contribution >= 0.6 is 0 Å². The topological polar surface area (TPSA) is 20.2 Å². The van der Waals surface area contributed by atoms with Crippen molar-refractivity contribution in [2.45, 2.75) is 37.9 Å². The van der Waals surface area contributed by atoms with Crippen molar-refractivity contribution in [3.63, 3.8) is 0 Å². The zero-order valence-electron chi connectivity index (χ0n) is 12.2. The maximum Gasteiger partial charge on any atom is 0.0481 e. The van der Waals surface area contributed by atoms with Crippen molar-refractivity contribution in [3.8, 4) is 0 Å². The van der Waals surface area contributed by atoms with Gasteiger partial charge in [-0.15, -0.1) is 0 Å². The van der Waals surface area contributed by atoms with Crippen LogP contribution in [0.4, 0.5) is 0 Å². The second-order valence-electron chi connectivity index (χ2n) is 6.44. The zero-order valence-corrected chi connectivity index (χ0v) is 12.2. The van der Waals surface area contributed by atoms with Crippen molar-refractivity contribution in [2.75, 3.05) is 13.1 Å². The molecule has 1 aromatic heterocycles. The summed E-state index contributed by atoms with van der Waals surface area (Å²) in [7, 11) is 2.15. The largest absolute Gasteiger partial charge is 0.350 e. The molecule has 106 valence electrons. The van der Waals surface area contributed by atoms with Crippen LogP contribution in [0.25, 0.3) is 10.9 Å². The molecule has 2 unspecified atom stereocenters. The minimum atomic E-state index is 0.720. The predicted octanol–water partition coefficient (Wildman–Crippen LogP) is 2.50. The molecule has 2 aliphatic rings.